The van der Waals surface area contributed by atoms with Gasteiger partial charge >= 0.3 is 0 Å². The molecule has 0 bridgehead atoms. The molecule has 0 amide bonds. The normalized spacial score (nSPS) is 10.2. The van der Waals surface area contributed by atoms with Gasteiger partial charge in [-0.2, -0.15) is 0 Å². The third-order valence-corrected chi connectivity index (χ3v) is 1.48. The smallest absolute Gasteiger partial charge is 0.0940 e. The lowest BCUT2D eigenvalue weighted by atomic mass is 10.3. The van der Waals surface area contributed by atoms with Gasteiger partial charge in [0, 0.05) is 5.38 Å². The number of hydrogen-bond acceptors (Lipinski definition) is 3. The maximum atomic E-state index is 8.86. The highest BCUT2D eigenvalue weighted by Crippen LogP contribution is 2.09. The van der Waals surface area contributed by atoms with Crippen LogP contribution in [0.2, 0.25) is 0 Å². The Morgan fingerprint density at radius 3 is 2.00 bits per heavy atom. The number of thiazole rings is 1. The first-order chi connectivity index (χ1) is 5.80. The highest BCUT2D eigenvalue weighted by Gasteiger charge is 1.99. The summed E-state index contributed by atoms with van der Waals surface area (Å²) in [5.74, 6) is 0. The van der Waals surface area contributed by atoms with Crippen molar-refractivity contribution in [3.05, 3.63) is 16.6 Å². The lowest BCUT2D eigenvalue weighted by Gasteiger charge is -1.94. The van der Waals surface area contributed by atoms with Gasteiger partial charge in [-0.3, -0.25) is 0 Å². The number of aromatic nitrogens is 1. The van der Waals surface area contributed by atoms with Crippen molar-refractivity contribution in [1.82, 2.24) is 4.98 Å². The molecule has 0 aromatic carbocycles. The summed E-state index contributed by atoms with van der Waals surface area (Å²) in [7, 11) is 0. The summed E-state index contributed by atoms with van der Waals surface area (Å²) in [5, 5.41) is 10.7. The van der Waals surface area contributed by atoms with Crippen molar-refractivity contribution >= 4 is 11.3 Å². The molecule has 2 nitrogen and oxygen atoms in total. The summed E-state index contributed by atoms with van der Waals surface area (Å²) >= 11 is 1.50. The molecule has 12 heavy (non-hydrogen) atoms. The fourth-order valence-corrected chi connectivity index (χ4v) is 1.07. The molecule has 1 N–H and O–H groups in total. The van der Waals surface area contributed by atoms with Gasteiger partial charge in [0.1, 0.15) is 0 Å². The molecule has 72 valence electrons. The van der Waals surface area contributed by atoms with Crippen LogP contribution >= 0.6 is 11.3 Å². The zero-order chi connectivity index (χ0) is 9.98. The Hall–Kier alpha value is -0.410. The second-order valence-electron chi connectivity index (χ2n) is 1.59. The summed E-state index contributed by atoms with van der Waals surface area (Å²) in [4.78, 5) is 3.88. The van der Waals surface area contributed by atoms with E-state index >= 15 is 0 Å². The predicted molar refractivity (Wildman–Crippen MR) is 55.4 cm³/mol. The first kappa shape index (κ1) is 14.1. The van der Waals surface area contributed by atoms with Gasteiger partial charge < -0.3 is 5.11 Å². The van der Waals surface area contributed by atoms with Crippen LogP contribution in [0.4, 0.5) is 0 Å². The maximum Gasteiger partial charge on any atom is 0.0940 e. The molecule has 0 spiro atoms. The van der Waals surface area contributed by atoms with Crippen LogP contribution in [-0.4, -0.2) is 10.1 Å². The third kappa shape index (κ3) is 6.31. The first-order valence-corrected chi connectivity index (χ1v) is 5.31. The zero-order valence-corrected chi connectivity index (χ0v) is 9.35. The SMILES string of the molecule is CC.CC.CC(O)c1cscn1. The van der Waals surface area contributed by atoms with E-state index in [0.29, 0.717) is 0 Å². The van der Waals surface area contributed by atoms with Gasteiger partial charge in [-0.05, 0) is 6.92 Å². The number of rotatable bonds is 1. The topological polar surface area (TPSA) is 33.1 Å². The number of hydrogen-bond donors (Lipinski definition) is 1. The minimum absolute atomic E-state index is 0.416. The number of aliphatic hydroxyl groups excluding tert-OH is 1. The third-order valence-electron chi connectivity index (χ3n) is 0.879. The number of nitrogens with zero attached hydrogens (tertiary/aromatic N) is 1. The molecule has 0 radical (unpaired) electrons. The Morgan fingerprint density at radius 1 is 1.33 bits per heavy atom. The van der Waals surface area contributed by atoms with Crippen molar-refractivity contribution in [2.75, 3.05) is 0 Å². The van der Waals surface area contributed by atoms with Crippen LogP contribution in [-0.2, 0) is 0 Å². The molecule has 0 aliphatic carbocycles. The molecular formula is C9H19NOS. The van der Waals surface area contributed by atoms with Gasteiger partial charge in [-0.15, -0.1) is 11.3 Å². The molecule has 0 fully saturated rings. The van der Waals surface area contributed by atoms with E-state index in [-0.39, 0.29) is 0 Å². The van der Waals surface area contributed by atoms with E-state index in [4.69, 9.17) is 5.11 Å². The fourth-order valence-electron chi connectivity index (χ4n) is 0.428. The number of aliphatic hydroxyl groups is 1. The van der Waals surface area contributed by atoms with Gasteiger partial charge in [0.05, 0.1) is 17.3 Å². The van der Waals surface area contributed by atoms with Crippen molar-refractivity contribution in [1.29, 1.82) is 0 Å². The highest BCUT2D eigenvalue weighted by atomic mass is 32.1. The van der Waals surface area contributed by atoms with Gasteiger partial charge in [-0.1, -0.05) is 27.7 Å². The van der Waals surface area contributed by atoms with Crippen LogP contribution in [0.15, 0.2) is 10.9 Å². The molecule has 0 saturated carbocycles. The van der Waals surface area contributed by atoms with Crippen LogP contribution in [0.25, 0.3) is 0 Å². The average Bonchev–Trinajstić information content (AvgIpc) is 2.64. The molecule has 1 aromatic heterocycles. The Kier molecular flexibility index (Phi) is 12.5. The molecule has 0 saturated heterocycles. The Morgan fingerprint density at radius 2 is 1.83 bits per heavy atom. The van der Waals surface area contributed by atoms with Gasteiger partial charge in [0.15, 0.2) is 0 Å². The average molecular weight is 189 g/mol. The van der Waals surface area contributed by atoms with Gasteiger partial charge in [-0.25, -0.2) is 4.98 Å². The second-order valence-corrected chi connectivity index (χ2v) is 2.31. The van der Waals surface area contributed by atoms with Crippen molar-refractivity contribution in [3.63, 3.8) is 0 Å². The fraction of sp³-hybridized carbons (Fsp3) is 0.667. The lowest BCUT2D eigenvalue weighted by Crippen LogP contribution is -1.88. The Balaban J connectivity index is 0. The molecule has 3 heteroatoms. The summed E-state index contributed by atoms with van der Waals surface area (Å²) < 4.78 is 0. The molecule has 1 heterocycles. The summed E-state index contributed by atoms with van der Waals surface area (Å²) in [6.07, 6.45) is -0.416. The van der Waals surface area contributed by atoms with Crippen molar-refractivity contribution < 1.29 is 5.11 Å². The highest BCUT2D eigenvalue weighted by molar-refractivity contribution is 7.07. The quantitative estimate of drug-likeness (QED) is 0.735. The largest absolute Gasteiger partial charge is 0.387 e. The van der Waals surface area contributed by atoms with E-state index in [9.17, 15) is 0 Å². The van der Waals surface area contributed by atoms with Crippen molar-refractivity contribution in [2.45, 2.75) is 40.7 Å². The Bertz CT molecular complexity index is 150. The van der Waals surface area contributed by atoms with Crippen molar-refractivity contribution in [2.24, 2.45) is 0 Å². The maximum absolute atomic E-state index is 8.86. The first-order valence-electron chi connectivity index (χ1n) is 4.37. The molecule has 0 aliphatic heterocycles. The second kappa shape index (κ2) is 10.6. The van der Waals surface area contributed by atoms with Crippen LogP contribution in [0.3, 0.4) is 0 Å². The van der Waals surface area contributed by atoms with E-state index < -0.39 is 6.10 Å². The van der Waals surface area contributed by atoms with E-state index in [1.54, 1.807) is 12.4 Å². The Labute approximate surface area is 79.3 Å². The van der Waals surface area contributed by atoms with Gasteiger partial charge in [0.25, 0.3) is 0 Å². The predicted octanol–water partition coefficient (Wildman–Crippen LogP) is 3.25. The summed E-state index contributed by atoms with van der Waals surface area (Å²) in [6, 6.07) is 0. The van der Waals surface area contributed by atoms with Crippen LogP contribution in [0.5, 0.6) is 0 Å². The zero-order valence-electron chi connectivity index (χ0n) is 8.53. The standard InChI is InChI=1S/C5H7NOS.2C2H6/c1-4(7)5-2-8-3-6-5;2*1-2/h2-4,7H,1H3;2*1-2H3. The lowest BCUT2D eigenvalue weighted by molar-refractivity contribution is 0.195. The van der Waals surface area contributed by atoms with Crippen molar-refractivity contribution in [3.8, 4) is 0 Å². The molecule has 1 rings (SSSR count). The minimum atomic E-state index is -0.416. The summed E-state index contributed by atoms with van der Waals surface area (Å²) in [5.41, 5.74) is 2.47. The van der Waals surface area contributed by atoms with Crippen LogP contribution < -0.4 is 0 Å². The molecule has 1 aromatic rings. The molecule has 1 unspecified atom stereocenters. The molecular weight excluding hydrogens is 170 g/mol. The van der Waals surface area contributed by atoms with E-state index in [1.807, 2.05) is 33.1 Å². The minimum Gasteiger partial charge on any atom is -0.387 e. The monoisotopic (exact) mass is 189 g/mol. The summed E-state index contributed by atoms with van der Waals surface area (Å²) in [6.45, 7) is 9.70. The van der Waals surface area contributed by atoms with Gasteiger partial charge in [0.2, 0.25) is 0 Å². The molecule has 0 aliphatic rings. The van der Waals surface area contributed by atoms with E-state index in [0.717, 1.165) is 5.69 Å². The van der Waals surface area contributed by atoms with E-state index in [2.05, 4.69) is 4.98 Å². The van der Waals surface area contributed by atoms with Crippen LogP contribution in [0, 0.1) is 0 Å². The van der Waals surface area contributed by atoms with E-state index in [1.165, 1.54) is 11.3 Å². The molecule has 1 atom stereocenters. The van der Waals surface area contributed by atoms with Crippen LogP contribution in [0.1, 0.15) is 46.4 Å².